The minimum atomic E-state index is -1.42. The van der Waals surface area contributed by atoms with Crippen LogP contribution in [0.2, 0.25) is 36.3 Å². The van der Waals surface area contributed by atoms with Crippen LogP contribution in [-0.2, 0) is 53.1 Å². The van der Waals surface area contributed by atoms with Crippen LogP contribution in [0.15, 0.2) is 0 Å². The third kappa shape index (κ3) is 29.9. The molecule has 73 heavy (non-hydrogen) atoms. The van der Waals surface area contributed by atoms with Crippen LogP contribution in [0.5, 0.6) is 0 Å². The summed E-state index contributed by atoms with van der Waals surface area (Å²) in [4.78, 5) is 10.7. The van der Waals surface area contributed by atoms with Crippen LogP contribution in [0.1, 0.15) is 133 Å². The van der Waals surface area contributed by atoms with E-state index in [0.717, 1.165) is 127 Å². The number of hydrogen-bond donors (Lipinski definition) is 0. The van der Waals surface area contributed by atoms with Gasteiger partial charge in [-0.15, -0.1) is 11.8 Å². The summed E-state index contributed by atoms with van der Waals surface area (Å²) in [5.41, 5.74) is 0. The lowest BCUT2D eigenvalue weighted by atomic mass is 9.92. The second-order valence-corrected chi connectivity index (χ2v) is 31.5. The molecule has 0 aliphatic carbocycles. The molecule has 0 aliphatic rings. The number of rotatable bonds is 54. The molecule has 0 rings (SSSR count). The molecule has 0 N–H and O–H groups in total. The van der Waals surface area contributed by atoms with Gasteiger partial charge in [0.1, 0.15) is 0 Å². The first-order chi connectivity index (χ1) is 35.2. The Morgan fingerprint density at radius 3 is 0.712 bits per heavy atom. The molecule has 6 radical (unpaired) electrons. The van der Waals surface area contributed by atoms with E-state index in [1.54, 1.807) is 28.4 Å². The molecule has 0 saturated heterocycles. The minimum Gasteiger partial charge on any atom is -0.397 e. The summed E-state index contributed by atoms with van der Waals surface area (Å²) < 4.78 is 72.9. The van der Waals surface area contributed by atoms with Crippen LogP contribution >= 0.6 is 11.8 Å². The van der Waals surface area contributed by atoms with E-state index in [9.17, 15) is 0 Å². The average Bonchev–Trinajstić information content (AvgIpc) is 3.37. The summed E-state index contributed by atoms with van der Waals surface area (Å²) >= 11 is 2.29. The Bertz CT molecular complexity index is 1080. The molecule has 2 unspecified atom stereocenters. The molecule has 2 atom stereocenters. The molecule has 23 heteroatoms. The van der Waals surface area contributed by atoms with Crippen molar-refractivity contribution in [1.82, 2.24) is 19.6 Å². The summed E-state index contributed by atoms with van der Waals surface area (Å²) in [5.74, 6) is 0. The molecule has 0 spiro atoms. The fourth-order valence-corrected chi connectivity index (χ4v) is 20.5. The Morgan fingerprint density at radius 2 is 0.534 bits per heavy atom. The Morgan fingerprint density at radius 1 is 0.329 bits per heavy atom. The van der Waals surface area contributed by atoms with E-state index in [1.807, 2.05) is 0 Å². The van der Waals surface area contributed by atoms with Crippen molar-refractivity contribution in [2.45, 2.75) is 192 Å². The summed E-state index contributed by atoms with van der Waals surface area (Å²) in [6, 6.07) is 5.56. The van der Waals surface area contributed by atoms with Crippen molar-refractivity contribution in [1.29, 1.82) is 0 Å². The zero-order valence-electron chi connectivity index (χ0n) is 50.0. The lowest BCUT2D eigenvalue weighted by Crippen LogP contribution is -2.64. The Labute approximate surface area is 464 Å². The predicted molar refractivity (Wildman–Crippen MR) is 313 cm³/mol. The van der Waals surface area contributed by atoms with Crippen molar-refractivity contribution in [2.24, 2.45) is 0 Å². The molecular weight excluding hydrogens is 1050 g/mol. The average molecular weight is 1160 g/mol. The topological polar surface area (TPSA) is 124 Å². The van der Waals surface area contributed by atoms with E-state index in [4.69, 9.17) is 53.1 Å². The fourth-order valence-electron chi connectivity index (χ4n) is 10.1. The zero-order chi connectivity index (χ0) is 54.9. The highest BCUT2D eigenvalue weighted by Gasteiger charge is 2.52. The highest BCUT2D eigenvalue weighted by molar-refractivity contribution is 8.02. The summed E-state index contributed by atoms with van der Waals surface area (Å²) in [7, 11) is 8.40. The van der Waals surface area contributed by atoms with Crippen LogP contribution in [0.25, 0.3) is 0 Å². The van der Waals surface area contributed by atoms with Gasteiger partial charge in [0, 0.05) is 90.8 Å². The molecule has 0 aliphatic heterocycles. The third-order valence-corrected chi connectivity index (χ3v) is 26.6. The summed E-state index contributed by atoms with van der Waals surface area (Å²) in [5, 5.41) is 0. The van der Waals surface area contributed by atoms with Crippen molar-refractivity contribution in [2.75, 3.05) is 136 Å². The quantitative estimate of drug-likeness (QED) is 0.0424. The van der Waals surface area contributed by atoms with Gasteiger partial charge >= 0.3 is 55.7 Å². The van der Waals surface area contributed by atoms with Gasteiger partial charge in [0.05, 0.1) is 12.3 Å². The second kappa shape index (κ2) is 46.7. The van der Waals surface area contributed by atoms with E-state index in [1.165, 1.54) is 0 Å². The maximum absolute atomic E-state index is 6.18. The molecule has 0 aromatic heterocycles. The van der Waals surface area contributed by atoms with E-state index in [0.29, 0.717) is 52.9 Å². The van der Waals surface area contributed by atoms with Gasteiger partial charge in [-0.1, -0.05) is 13.8 Å². The second-order valence-electron chi connectivity index (χ2n) is 18.2. The standard InChI is InChI=1S/C50H112N4O12SSi6/c1-19-49(35-29-41-68(55-15)56-16,47(51(11)37-31-43-70(59-21-3)60-22-4)52(12)38-32-44-71(61-23-5)62-24-6)67-50(20-2,36-30-42-69(57-17)58-18)48(53(13)39-33-45-72(63-25-7)64-26-8)54(14)40-34-46-73(65-27-9)66-28-10/h47-48H,19-46H2,1-18H3. The van der Waals surface area contributed by atoms with E-state index in [-0.39, 0.29) is 21.8 Å². The molecule has 0 aromatic carbocycles. The predicted octanol–water partition coefficient (Wildman–Crippen LogP) is 9.32. The summed E-state index contributed by atoms with van der Waals surface area (Å²) in [6.45, 7) is 30.6. The van der Waals surface area contributed by atoms with Crippen LogP contribution in [-0.4, -0.2) is 233 Å². The third-order valence-electron chi connectivity index (χ3n) is 13.1. The Balaban J connectivity index is 8.25. The smallest absolute Gasteiger partial charge is 0.384 e. The number of nitrogens with zero attached hydrogens (tertiary/aromatic N) is 4. The maximum Gasteiger partial charge on any atom is 0.384 e. The van der Waals surface area contributed by atoms with Gasteiger partial charge in [0.2, 0.25) is 0 Å². The molecular formula is C50H112N4O12SSi6. The highest BCUT2D eigenvalue weighted by Crippen LogP contribution is 2.53. The molecule has 16 nitrogen and oxygen atoms in total. The largest absolute Gasteiger partial charge is 0.397 e. The monoisotopic (exact) mass is 1160 g/mol. The van der Waals surface area contributed by atoms with Crippen molar-refractivity contribution in [3.05, 3.63) is 0 Å². The van der Waals surface area contributed by atoms with Crippen LogP contribution in [0.3, 0.4) is 0 Å². The van der Waals surface area contributed by atoms with E-state index >= 15 is 0 Å². The van der Waals surface area contributed by atoms with Gasteiger partial charge in [-0.25, -0.2) is 0 Å². The van der Waals surface area contributed by atoms with Crippen LogP contribution in [0, 0.1) is 0 Å². The number of thioether (sulfide) groups is 1. The first kappa shape index (κ1) is 74.0. The first-order valence-electron chi connectivity index (χ1n) is 28.1. The molecule has 0 fully saturated rings. The van der Waals surface area contributed by atoms with Crippen molar-refractivity contribution in [3.8, 4) is 0 Å². The van der Waals surface area contributed by atoms with Gasteiger partial charge in [0.15, 0.2) is 0 Å². The van der Waals surface area contributed by atoms with E-state index in [2.05, 4.69) is 129 Å². The molecule has 0 bridgehead atoms. The van der Waals surface area contributed by atoms with Crippen molar-refractivity contribution in [3.63, 3.8) is 0 Å². The fraction of sp³-hybridized carbons (Fsp3) is 1.00. The molecule has 0 saturated carbocycles. The first-order valence-corrected chi connectivity index (χ1v) is 38.0. The van der Waals surface area contributed by atoms with Gasteiger partial charge in [-0.2, -0.15) is 0 Å². The Hall–Kier alpha value is 1.01. The Kier molecular flexibility index (Phi) is 47.4. The minimum absolute atomic E-state index is 0.0952. The SMILES string of the molecule is CCO[Si](CCCN(C)C(N(C)CCC[Si](OCC)OCC)C(CC)(CCC[Si](OC)OC)SC(CC)(CCC[Si](OC)OC)C(N(C)CCC[Si](OCC)OCC)N(C)CCC[Si](OCC)OCC)OCC. The van der Waals surface area contributed by atoms with Gasteiger partial charge in [0.25, 0.3) is 0 Å². The molecule has 0 heterocycles. The van der Waals surface area contributed by atoms with Gasteiger partial charge < -0.3 is 53.1 Å². The van der Waals surface area contributed by atoms with Gasteiger partial charge in [-0.05, 0) is 210 Å². The van der Waals surface area contributed by atoms with Crippen LogP contribution in [0.4, 0.5) is 0 Å². The van der Waals surface area contributed by atoms with Crippen molar-refractivity contribution >= 4 is 67.5 Å². The van der Waals surface area contributed by atoms with Gasteiger partial charge in [-0.3, -0.25) is 19.6 Å². The maximum atomic E-state index is 6.18. The highest BCUT2D eigenvalue weighted by atomic mass is 32.2. The lowest BCUT2D eigenvalue weighted by Gasteiger charge is -2.56. The van der Waals surface area contributed by atoms with Crippen molar-refractivity contribution < 1.29 is 53.1 Å². The number of hydrogen-bond acceptors (Lipinski definition) is 17. The molecule has 0 aromatic rings. The zero-order valence-corrected chi connectivity index (χ0v) is 56.9. The van der Waals surface area contributed by atoms with E-state index < -0.39 is 55.7 Å². The normalized spacial score (nSPS) is 14.5. The molecule has 434 valence electrons. The molecule has 0 amide bonds. The lowest BCUT2D eigenvalue weighted by molar-refractivity contribution is 0.0308. The van der Waals surface area contributed by atoms with Crippen LogP contribution < -0.4 is 0 Å². The summed E-state index contributed by atoms with van der Waals surface area (Å²) in [6.07, 6.45) is 10.1.